The van der Waals surface area contributed by atoms with Gasteiger partial charge in [0, 0.05) is 24.9 Å². The van der Waals surface area contributed by atoms with Crippen LogP contribution in [0.1, 0.15) is 5.56 Å². The van der Waals surface area contributed by atoms with Crippen molar-refractivity contribution in [3.8, 4) is 11.8 Å². The molecule has 0 aliphatic carbocycles. The molecule has 1 heterocycles. The molecule has 0 saturated carbocycles. The summed E-state index contributed by atoms with van der Waals surface area (Å²) in [4.78, 5) is 0.154. The summed E-state index contributed by atoms with van der Waals surface area (Å²) in [5.41, 5.74) is 5.99. The maximum absolute atomic E-state index is 12.1. The van der Waals surface area contributed by atoms with E-state index in [9.17, 15) is 8.42 Å². The van der Waals surface area contributed by atoms with Gasteiger partial charge >= 0.3 is 0 Å². The zero-order valence-corrected chi connectivity index (χ0v) is 11.7. The van der Waals surface area contributed by atoms with Gasteiger partial charge in [-0.05, 0) is 24.3 Å². The van der Waals surface area contributed by atoms with Crippen molar-refractivity contribution in [1.82, 2.24) is 9.78 Å². The van der Waals surface area contributed by atoms with E-state index in [1.165, 1.54) is 16.8 Å². The van der Waals surface area contributed by atoms with Gasteiger partial charge in [0.2, 0.25) is 0 Å². The molecule has 0 fully saturated rings. The summed E-state index contributed by atoms with van der Waals surface area (Å²) in [6.45, 7) is 0.265. The number of nitrogens with zero attached hydrogens (tertiary/aromatic N) is 2. The Hall–Kier alpha value is -2.30. The van der Waals surface area contributed by atoms with Gasteiger partial charge in [-0.1, -0.05) is 11.8 Å². The SMILES string of the molecule is Cn1ccc(NS(=O)(=O)c2ccc(C#CCN)cc2)n1. The van der Waals surface area contributed by atoms with Crippen LogP contribution >= 0.6 is 0 Å². The Kier molecular flexibility index (Phi) is 4.08. The van der Waals surface area contributed by atoms with Gasteiger partial charge in [0.05, 0.1) is 11.4 Å². The van der Waals surface area contributed by atoms with E-state index in [0.29, 0.717) is 5.56 Å². The highest BCUT2D eigenvalue weighted by molar-refractivity contribution is 7.92. The molecule has 0 atom stereocenters. The zero-order chi connectivity index (χ0) is 14.6. The molecule has 20 heavy (non-hydrogen) atoms. The van der Waals surface area contributed by atoms with Crippen molar-refractivity contribution in [2.75, 3.05) is 11.3 Å². The van der Waals surface area contributed by atoms with E-state index in [-0.39, 0.29) is 17.3 Å². The molecule has 0 unspecified atom stereocenters. The Balaban J connectivity index is 2.21. The third kappa shape index (κ3) is 3.38. The summed E-state index contributed by atoms with van der Waals surface area (Å²) in [6.07, 6.45) is 1.66. The van der Waals surface area contributed by atoms with E-state index in [2.05, 4.69) is 21.7 Å². The van der Waals surface area contributed by atoms with E-state index >= 15 is 0 Å². The first-order valence-corrected chi connectivity index (χ1v) is 7.31. The van der Waals surface area contributed by atoms with Crippen molar-refractivity contribution in [2.45, 2.75) is 4.90 Å². The summed E-state index contributed by atoms with van der Waals surface area (Å²) >= 11 is 0. The Morgan fingerprint density at radius 3 is 2.55 bits per heavy atom. The second-order valence-corrected chi connectivity index (χ2v) is 5.69. The fourth-order valence-corrected chi connectivity index (χ4v) is 2.53. The molecule has 3 N–H and O–H groups in total. The minimum Gasteiger partial charge on any atom is -0.320 e. The Labute approximate surface area is 117 Å². The molecule has 6 nitrogen and oxygen atoms in total. The first-order chi connectivity index (χ1) is 9.51. The van der Waals surface area contributed by atoms with Crippen LogP contribution in [0.25, 0.3) is 0 Å². The fourth-order valence-electron chi connectivity index (χ4n) is 1.54. The number of anilines is 1. The highest BCUT2D eigenvalue weighted by atomic mass is 32.2. The summed E-state index contributed by atoms with van der Waals surface area (Å²) < 4.78 is 28.2. The average Bonchev–Trinajstić information content (AvgIpc) is 2.81. The molecule has 0 spiro atoms. The van der Waals surface area contributed by atoms with Crippen LogP contribution in [-0.4, -0.2) is 24.7 Å². The van der Waals surface area contributed by atoms with Crippen LogP contribution in [-0.2, 0) is 17.1 Å². The lowest BCUT2D eigenvalue weighted by molar-refractivity contribution is 0.601. The Morgan fingerprint density at radius 1 is 1.30 bits per heavy atom. The second-order valence-electron chi connectivity index (χ2n) is 4.01. The molecule has 0 radical (unpaired) electrons. The number of sulfonamides is 1. The molecule has 0 aliphatic rings. The van der Waals surface area contributed by atoms with E-state index < -0.39 is 10.0 Å². The molecule has 0 amide bonds. The minimum absolute atomic E-state index is 0.154. The Morgan fingerprint density at radius 2 is 2.00 bits per heavy atom. The number of nitrogens with two attached hydrogens (primary N) is 1. The van der Waals surface area contributed by atoms with Crippen LogP contribution in [0, 0.1) is 11.8 Å². The first-order valence-electron chi connectivity index (χ1n) is 5.83. The van der Waals surface area contributed by atoms with Gasteiger partial charge in [-0.2, -0.15) is 5.10 Å². The van der Waals surface area contributed by atoms with Crippen molar-refractivity contribution in [1.29, 1.82) is 0 Å². The summed E-state index contributed by atoms with van der Waals surface area (Å²) in [5.74, 6) is 5.81. The predicted molar refractivity (Wildman–Crippen MR) is 76.4 cm³/mol. The molecular formula is C13H14N4O2S. The molecule has 0 aliphatic heterocycles. The maximum atomic E-state index is 12.1. The second kappa shape index (κ2) is 5.77. The summed E-state index contributed by atoms with van der Waals surface area (Å²) in [6, 6.07) is 7.83. The largest absolute Gasteiger partial charge is 0.320 e. The van der Waals surface area contributed by atoms with Gasteiger partial charge in [-0.3, -0.25) is 9.40 Å². The lowest BCUT2D eigenvalue weighted by Gasteiger charge is -2.05. The lowest BCUT2D eigenvalue weighted by atomic mass is 10.2. The number of rotatable bonds is 3. The number of hydrogen-bond acceptors (Lipinski definition) is 4. The van der Waals surface area contributed by atoms with Crippen molar-refractivity contribution in [3.63, 3.8) is 0 Å². The minimum atomic E-state index is -3.64. The van der Waals surface area contributed by atoms with Crippen molar-refractivity contribution in [3.05, 3.63) is 42.1 Å². The van der Waals surface area contributed by atoms with E-state index in [0.717, 1.165) is 0 Å². The molecule has 104 valence electrons. The van der Waals surface area contributed by atoms with Gasteiger partial charge in [0.25, 0.3) is 10.0 Å². The van der Waals surface area contributed by atoms with Gasteiger partial charge in [-0.25, -0.2) is 8.42 Å². The molecule has 1 aromatic heterocycles. The van der Waals surface area contributed by atoms with Crippen LogP contribution < -0.4 is 10.5 Å². The number of nitrogens with one attached hydrogen (secondary N) is 1. The highest BCUT2D eigenvalue weighted by Crippen LogP contribution is 2.14. The van der Waals surface area contributed by atoms with Gasteiger partial charge in [0.15, 0.2) is 5.82 Å². The summed E-state index contributed by atoms with van der Waals surface area (Å²) in [7, 11) is -1.92. The topological polar surface area (TPSA) is 90.0 Å². The van der Waals surface area contributed by atoms with E-state index in [4.69, 9.17) is 5.73 Å². The average molecular weight is 290 g/mol. The smallest absolute Gasteiger partial charge is 0.263 e. The molecule has 2 rings (SSSR count). The summed E-state index contributed by atoms with van der Waals surface area (Å²) in [5, 5.41) is 3.97. The first kappa shape index (κ1) is 14.1. The van der Waals surface area contributed by atoms with Gasteiger partial charge < -0.3 is 5.73 Å². The fraction of sp³-hybridized carbons (Fsp3) is 0.154. The molecule has 0 saturated heterocycles. The number of aryl methyl sites for hydroxylation is 1. The molecule has 1 aromatic carbocycles. The zero-order valence-electron chi connectivity index (χ0n) is 10.9. The Bertz CT molecular complexity index is 752. The number of benzene rings is 1. The van der Waals surface area contributed by atoms with Gasteiger partial charge in [0.1, 0.15) is 0 Å². The molecule has 2 aromatic rings. The third-order valence-corrected chi connectivity index (χ3v) is 3.82. The quantitative estimate of drug-likeness (QED) is 0.807. The molecule has 7 heteroatoms. The van der Waals surface area contributed by atoms with Crippen LogP contribution in [0.3, 0.4) is 0 Å². The highest BCUT2D eigenvalue weighted by Gasteiger charge is 2.14. The number of aromatic nitrogens is 2. The van der Waals surface area contributed by atoms with Crippen LogP contribution in [0.5, 0.6) is 0 Å². The van der Waals surface area contributed by atoms with Crippen molar-refractivity contribution >= 4 is 15.8 Å². The third-order valence-electron chi connectivity index (χ3n) is 2.45. The lowest BCUT2D eigenvalue weighted by Crippen LogP contribution is -2.13. The predicted octanol–water partition coefficient (Wildman–Crippen LogP) is 0.531. The maximum Gasteiger partial charge on any atom is 0.263 e. The van der Waals surface area contributed by atoms with Gasteiger partial charge in [-0.15, -0.1) is 0 Å². The monoisotopic (exact) mass is 290 g/mol. The molecule has 0 bridgehead atoms. The molecular weight excluding hydrogens is 276 g/mol. The van der Waals surface area contributed by atoms with E-state index in [1.54, 1.807) is 31.4 Å². The van der Waals surface area contributed by atoms with Crippen LogP contribution in [0.4, 0.5) is 5.82 Å². The standard InChI is InChI=1S/C13H14N4O2S/c1-17-10-8-13(15-17)16-20(18,19)12-6-4-11(5-7-12)3-2-9-14/h4-8,10H,9,14H2,1H3,(H,15,16). The van der Waals surface area contributed by atoms with E-state index in [1.807, 2.05) is 0 Å². The van der Waals surface area contributed by atoms with Crippen molar-refractivity contribution in [2.24, 2.45) is 12.8 Å². The number of hydrogen-bond donors (Lipinski definition) is 2. The van der Waals surface area contributed by atoms with Crippen molar-refractivity contribution < 1.29 is 8.42 Å². The normalized spacial score (nSPS) is 10.7. The van der Waals surface area contributed by atoms with Crippen LogP contribution in [0.2, 0.25) is 0 Å². The van der Waals surface area contributed by atoms with Crippen LogP contribution in [0.15, 0.2) is 41.4 Å².